The van der Waals surface area contributed by atoms with Gasteiger partial charge in [-0.05, 0) is 24.3 Å². The molecule has 1 heterocycles. The topological polar surface area (TPSA) is 73.2 Å². The van der Waals surface area contributed by atoms with Gasteiger partial charge in [-0.1, -0.05) is 0 Å². The number of alkyl halides is 3. The summed E-state index contributed by atoms with van der Waals surface area (Å²) in [4.78, 5) is 23.5. The molecule has 9 heteroatoms. The lowest BCUT2D eigenvalue weighted by atomic mass is 10.2. The van der Waals surface area contributed by atoms with Gasteiger partial charge in [0.15, 0.2) is 0 Å². The number of halogens is 3. The van der Waals surface area contributed by atoms with Crippen LogP contribution in [0.25, 0.3) is 0 Å². The molecule has 6 nitrogen and oxygen atoms in total. The van der Waals surface area contributed by atoms with Gasteiger partial charge < -0.3 is 10.1 Å². The van der Waals surface area contributed by atoms with E-state index in [-0.39, 0.29) is 11.3 Å². The molecule has 116 valence electrons. The van der Waals surface area contributed by atoms with Gasteiger partial charge in [-0.2, -0.15) is 5.10 Å². The van der Waals surface area contributed by atoms with Crippen LogP contribution in [-0.4, -0.2) is 27.8 Å². The molecule has 0 atom stereocenters. The fourth-order valence-electron chi connectivity index (χ4n) is 1.60. The number of aryl methyl sites for hydroxylation is 1. The second-order valence-electron chi connectivity index (χ2n) is 4.26. The van der Waals surface area contributed by atoms with Crippen LogP contribution in [0, 0.1) is 0 Å². The third kappa shape index (κ3) is 4.08. The summed E-state index contributed by atoms with van der Waals surface area (Å²) in [5.74, 6) is -2.15. The van der Waals surface area contributed by atoms with Crippen molar-refractivity contribution >= 4 is 17.4 Å². The van der Waals surface area contributed by atoms with Gasteiger partial charge in [-0.25, -0.2) is 0 Å². The molecule has 0 saturated carbocycles. The zero-order valence-corrected chi connectivity index (χ0v) is 11.2. The molecule has 22 heavy (non-hydrogen) atoms. The number of nitrogens with zero attached hydrogens (tertiary/aromatic N) is 2. The van der Waals surface area contributed by atoms with Crippen molar-refractivity contribution in [3.05, 3.63) is 42.2 Å². The maximum atomic E-state index is 12.0. The van der Waals surface area contributed by atoms with E-state index in [0.717, 1.165) is 12.1 Å². The minimum absolute atomic E-state index is 0.108. The Morgan fingerprint density at radius 3 is 2.36 bits per heavy atom. The smallest absolute Gasteiger partial charge is 0.406 e. The van der Waals surface area contributed by atoms with Crippen molar-refractivity contribution in [2.75, 3.05) is 5.32 Å². The zero-order chi connectivity index (χ0) is 16.3. The molecule has 0 saturated heterocycles. The summed E-state index contributed by atoms with van der Waals surface area (Å²) in [7, 11) is 1.59. The van der Waals surface area contributed by atoms with Gasteiger partial charge in [0, 0.05) is 18.9 Å². The molecule has 1 amide bonds. The van der Waals surface area contributed by atoms with Crippen LogP contribution in [0.2, 0.25) is 0 Å². The standard InChI is InChI=1S/C13H10F3N3O3/c1-19-7-8(6-17-19)11(20)12(21)18-9-2-4-10(5-3-9)22-13(14,15)16/h2-7H,1H3,(H,18,21). The van der Waals surface area contributed by atoms with Crippen LogP contribution < -0.4 is 10.1 Å². The van der Waals surface area contributed by atoms with Crippen molar-refractivity contribution in [3.8, 4) is 5.75 Å². The summed E-state index contributed by atoms with van der Waals surface area (Å²) in [6.45, 7) is 0. The maximum absolute atomic E-state index is 12.0. The van der Waals surface area contributed by atoms with Gasteiger partial charge in [0.1, 0.15) is 5.75 Å². The molecule has 1 aromatic carbocycles. The molecule has 0 unspecified atom stereocenters. The van der Waals surface area contributed by atoms with Crippen molar-refractivity contribution in [3.63, 3.8) is 0 Å². The Labute approximate surface area is 122 Å². The Balaban J connectivity index is 2.01. The Bertz CT molecular complexity index is 693. The molecule has 1 aromatic heterocycles. The maximum Gasteiger partial charge on any atom is 0.573 e. The van der Waals surface area contributed by atoms with E-state index in [4.69, 9.17) is 0 Å². The molecule has 1 N–H and O–H groups in total. The molecule has 2 rings (SSSR count). The molecule has 2 aromatic rings. The first-order valence-electron chi connectivity index (χ1n) is 5.95. The van der Waals surface area contributed by atoms with Crippen molar-refractivity contribution in [1.29, 1.82) is 0 Å². The van der Waals surface area contributed by atoms with Gasteiger partial charge in [-0.3, -0.25) is 14.3 Å². The quantitative estimate of drug-likeness (QED) is 0.693. The number of hydrogen-bond donors (Lipinski definition) is 1. The number of benzene rings is 1. The van der Waals surface area contributed by atoms with E-state index in [0.29, 0.717) is 0 Å². The van der Waals surface area contributed by atoms with Crippen LogP contribution in [-0.2, 0) is 11.8 Å². The fourth-order valence-corrected chi connectivity index (χ4v) is 1.60. The SMILES string of the molecule is Cn1cc(C(=O)C(=O)Nc2ccc(OC(F)(F)F)cc2)cn1. The number of hydrogen-bond acceptors (Lipinski definition) is 4. The van der Waals surface area contributed by atoms with E-state index in [1.165, 1.54) is 29.2 Å². The van der Waals surface area contributed by atoms with Gasteiger partial charge in [0.05, 0.1) is 11.8 Å². The average Bonchev–Trinajstić information content (AvgIpc) is 2.85. The highest BCUT2D eigenvalue weighted by Gasteiger charge is 2.31. The van der Waals surface area contributed by atoms with E-state index in [2.05, 4.69) is 15.2 Å². The van der Waals surface area contributed by atoms with Gasteiger partial charge >= 0.3 is 6.36 Å². The minimum Gasteiger partial charge on any atom is -0.406 e. The van der Waals surface area contributed by atoms with E-state index in [1.54, 1.807) is 7.05 Å². The Morgan fingerprint density at radius 2 is 1.86 bits per heavy atom. The molecule has 0 aliphatic carbocycles. The van der Waals surface area contributed by atoms with Crippen LogP contribution in [0.15, 0.2) is 36.7 Å². The predicted molar refractivity (Wildman–Crippen MR) is 69.3 cm³/mol. The molecular formula is C13H10F3N3O3. The third-order valence-electron chi connectivity index (χ3n) is 2.52. The number of carbonyl (C=O) groups is 2. The first-order valence-corrected chi connectivity index (χ1v) is 5.95. The number of carbonyl (C=O) groups excluding carboxylic acids is 2. The molecule has 0 radical (unpaired) electrons. The second kappa shape index (κ2) is 5.88. The summed E-state index contributed by atoms with van der Waals surface area (Å²) in [6.07, 6.45) is -2.18. The van der Waals surface area contributed by atoms with E-state index < -0.39 is 23.8 Å². The van der Waals surface area contributed by atoms with Crippen LogP contribution in [0.3, 0.4) is 0 Å². The molecule has 0 aliphatic rings. The lowest BCUT2D eigenvalue weighted by Crippen LogP contribution is -2.22. The first kappa shape index (κ1) is 15.5. The summed E-state index contributed by atoms with van der Waals surface area (Å²) in [5.41, 5.74) is 0.272. The van der Waals surface area contributed by atoms with Crippen molar-refractivity contribution in [2.24, 2.45) is 7.05 Å². The number of nitrogens with one attached hydrogen (secondary N) is 1. The van der Waals surface area contributed by atoms with Gasteiger partial charge in [-0.15, -0.1) is 13.2 Å². The van der Waals surface area contributed by atoms with Crippen molar-refractivity contribution in [1.82, 2.24) is 9.78 Å². The van der Waals surface area contributed by atoms with Crippen molar-refractivity contribution in [2.45, 2.75) is 6.36 Å². The van der Waals surface area contributed by atoms with E-state index in [1.807, 2.05) is 0 Å². The minimum atomic E-state index is -4.79. The average molecular weight is 313 g/mol. The van der Waals surface area contributed by atoms with E-state index >= 15 is 0 Å². The first-order chi connectivity index (χ1) is 10.2. The number of amides is 1. The summed E-state index contributed by atoms with van der Waals surface area (Å²) in [6, 6.07) is 4.43. The summed E-state index contributed by atoms with van der Waals surface area (Å²) >= 11 is 0. The van der Waals surface area contributed by atoms with Crippen LogP contribution in [0.4, 0.5) is 18.9 Å². The van der Waals surface area contributed by atoms with E-state index in [9.17, 15) is 22.8 Å². The van der Waals surface area contributed by atoms with Crippen LogP contribution in [0.5, 0.6) is 5.75 Å². The molecule has 0 spiro atoms. The van der Waals surface area contributed by atoms with Gasteiger partial charge in [0.2, 0.25) is 0 Å². The zero-order valence-electron chi connectivity index (χ0n) is 11.2. The number of ether oxygens (including phenoxy) is 1. The summed E-state index contributed by atoms with van der Waals surface area (Å²) in [5, 5.41) is 6.04. The Kier molecular flexibility index (Phi) is 4.15. The number of Topliss-reactive ketones (excluding diaryl/α,β-unsaturated/α-hetero) is 1. The monoisotopic (exact) mass is 313 g/mol. The molecule has 0 bridgehead atoms. The second-order valence-corrected chi connectivity index (χ2v) is 4.26. The normalized spacial score (nSPS) is 11.1. The lowest BCUT2D eigenvalue weighted by molar-refractivity contribution is -0.274. The Hall–Kier alpha value is -2.84. The highest BCUT2D eigenvalue weighted by molar-refractivity contribution is 6.46. The predicted octanol–water partition coefficient (Wildman–Crippen LogP) is 2.14. The van der Waals surface area contributed by atoms with Crippen molar-refractivity contribution < 1.29 is 27.5 Å². The summed E-state index contributed by atoms with van der Waals surface area (Å²) < 4.78 is 41.1. The molecular weight excluding hydrogens is 303 g/mol. The van der Waals surface area contributed by atoms with Crippen LogP contribution >= 0.6 is 0 Å². The fraction of sp³-hybridized carbons (Fsp3) is 0.154. The lowest BCUT2D eigenvalue weighted by Gasteiger charge is -2.09. The number of aromatic nitrogens is 2. The highest BCUT2D eigenvalue weighted by Crippen LogP contribution is 2.23. The number of rotatable bonds is 4. The third-order valence-corrected chi connectivity index (χ3v) is 2.52. The van der Waals surface area contributed by atoms with Crippen LogP contribution in [0.1, 0.15) is 10.4 Å². The largest absolute Gasteiger partial charge is 0.573 e. The number of ketones is 1. The highest BCUT2D eigenvalue weighted by atomic mass is 19.4. The molecule has 0 fully saturated rings. The molecule has 0 aliphatic heterocycles. The van der Waals surface area contributed by atoms with Gasteiger partial charge in [0.25, 0.3) is 11.7 Å². The number of anilines is 1. The Morgan fingerprint density at radius 1 is 1.23 bits per heavy atom.